The van der Waals surface area contributed by atoms with E-state index in [1.54, 1.807) is 0 Å². The molecule has 0 saturated heterocycles. The Morgan fingerprint density at radius 1 is 0.712 bits per heavy atom. The fraction of sp³-hybridized carbons (Fsp3) is 0.0769. The van der Waals surface area contributed by atoms with Crippen molar-refractivity contribution in [2.45, 2.75) is 33.4 Å². The van der Waals surface area contributed by atoms with Crippen molar-refractivity contribution in [1.29, 1.82) is 0 Å². The molecular formula is C26H23N7O15S4. The number of fused-ring (bicyclic) bond motifs is 1. The number of azo groups is 2. The van der Waals surface area contributed by atoms with Crippen molar-refractivity contribution < 1.29 is 69.9 Å². The number of phenolic OH excluding ortho intramolecular Hbond substituents is 1. The third kappa shape index (κ3) is 9.73. The van der Waals surface area contributed by atoms with Crippen LogP contribution in [0.2, 0.25) is 0 Å². The molecule has 4 rings (SSSR count). The maximum atomic E-state index is 12.5. The molecule has 0 radical (unpaired) electrons. The molecule has 0 heterocycles. The minimum atomic E-state index is -5.14. The van der Waals surface area contributed by atoms with E-state index in [1.165, 1.54) is 32.0 Å². The van der Waals surface area contributed by atoms with E-state index in [9.17, 15) is 40.6 Å². The summed E-state index contributed by atoms with van der Waals surface area (Å²) >= 11 is 0.631. The van der Waals surface area contributed by atoms with Gasteiger partial charge in [-0.1, -0.05) is 10.1 Å². The predicted octanol–water partition coefficient (Wildman–Crippen LogP) is 6.23. The van der Waals surface area contributed by atoms with Crippen molar-refractivity contribution in [3.63, 3.8) is 0 Å². The molecule has 2 amide bonds. The van der Waals surface area contributed by atoms with Gasteiger partial charge in [0.15, 0.2) is 5.75 Å². The van der Waals surface area contributed by atoms with Crippen LogP contribution in [0.5, 0.6) is 5.75 Å². The van der Waals surface area contributed by atoms with E-state index in [2.05, 4.69) is 49.8 Å². The highest BCUT2D eigenvalue weighted by Gasteiger charge is 2.26. The van der Waals surface area contributed by atoms with Gasteiger partial charge >= 0.3 is 0 Å². The molecular weight excluding hydrogens is 779 g/mol. The number of nitrogens with two attached hydrogens (primary N) is 1. The van der Waals surface area contributed by atoms with Gasteiger partial charge in [0.05, 0.1) is 45.0 Å². The van der Waals surface area contributed by atoms with Crippen LogP contribution in [-0.4, -0.2) is 53.4 Å². The molecule has 0 bridgehead atoms. The number of benzene rings is 4. The number of nitrogens with one attached hydrogen (secondary N) is 2. The Morgan fingerprint density at radius 2 is 1.23 bits per heavy atom. The fourth-order valence-corrected chi connectivity index (χ4v) is 6.51. The van der Waals surface area contributed by atoms with Crippen LogP contribution in [0.1, 0.15) is 13.8 Å². The first-order chi connectivity index (χ1) is 24.4. The minimum Gasteiger partial charge on any atom is -0.505 e. The first-order valence-electron chi connectivity index (χ1n) is 13.5. The lowest BCUT2D eigenvalue weighted by molar-refractivity contribution is -0.432. The van der Waals surface area contributed by atoms with Gasteiger partial charge in [-0.15, -0.1) is 29.1 Å². The number of amides is 2. The molecule has 22 nitrogen and oxygen atoms in total. The van der Waals surface area contributed by atoms with Crippen LogP contribution in [0.25, 0.3) is 10.8 Å². The molecule has 0 fully saturated rings. The number of carbonyl (C=O) groups excluding carboxylic acids is 2. The SMILES string of the molecule is CC(=O)Nc1ccc(SOOO)c(/N=N/c2c(S(=O)(=O)O)cc3cc(SOOO)c(/N=N/c4cc(NC(C)=O)ccc4S(=O)(=O)O)c(O)c3c2N)c1. The molecule has 0 aliphatic carbocycles. The molecule has 26 heteroatoms. The summed E-state index contributed by atoms with van der Waals surface area (Å²) in [5, 5.41) is 55.8. The highest BCUT2D eigenvalue weighted by Crippen LogP contribution is 2.50. The van der Waals surface area contributed by atoms with Crippen molar-refractivity contribution in [1.82, 2.24) is 0 Å². The van der Waals surface area contributed by atoms with Gasteiger partial charge in [0.2, 0.25) is 11.8 Å². The van der Waals surface area contributed by atoms with E-state index in [-0.39, 0.29) is 49.7 Å². The van der Waals surface area contributed by atoms with Gasteiger partial charge in [0.25, 0.3) is 20.2 Å². The number of carbonyl (C=O) groups is 2. The van der Waals surface area contributed by atoms with E-state index in [0.717, 1.165) is 30.3 Å². The number of nitrogens with zero attached hydrogens (tertiary/aromatic N) is 4. The number of hydrogen-bond acceptors (Lipinski definition) is 20. The highest BCUT2D eigenvalue weighted by molar-refractivity contribution is 7.95. The molecule has 4 aromatic rings. The van der Waals surface area contributed by atoms with Gasteiger partial charge in [-0.3, -0.25) is 18.7 Å². The van der Waals surface area contributed by atoms with Crippen molar-refractivity contribution >= 4 is 107 Å². The first kappa shape index (κ1) is 39.9. The summed E-state index contributed by atoms with van der Waals surface area (Å²) in [6, 6.07) is 9.06. The van der Waals surface area contributed by atoms with E-state index < -0.39 is 70.3 Å². The molecule has 276 valence electrons. The maximum Gasteiger partial charge on any atom is 0.296 e. The first-order valence-corrected chi connectivity index (χ1v) is 17.8. The van der Waals surface area contributed by atoms with Gasteiger partial charge in [0.1, 0.15) is 32.5 Å². The smallest absolute Gasteiger partial charge is 0.296 e. The number of nitrogen functional groups attached to an aromatic ring is 1. The Labute approximate surface area is 300 Å². The zero-order chi connectivity index (χ0) is 38.4. The van der Waals surface area contributed by atoms with Crippen molar-refractivity contribution in [2.24, 2.45) is 20.5 Å². The topological polar surface area (TPSA) is 340 Å². The summed E-state index contributed by atoms with van der Waals surface area (Å²) in [4.78, 5) is 21.3. The average molecular weight is 802 g/mol. The fourth-order valence-electron chi connectivity index (χ4n) is 4.32. The van der Waals surface area contributed by atoms with Gasteiger partial charge < -0.3 is 21.5 Å². The van der Waals surface area contributed by atoms with Crippen LogP contribution < -0.4 is 16.4 Å². The van der Waals surface area contributed by atoms with Crippen LogP contribution >= 0.6 is 24.1 Å². The lowest BCUT2D eigenvalue weighted by Gasteiger charge is -2.14. The summed E-state index contributed by atoms with van der Waals surface area (Å²) in [6.45, 7) is 2.40. The zero-order valence-electron chi connectivity index (χ0n) is 25.9. The number of phenols is 1. The molecule has 52 heavy (non-hydrogen) atoms. The lowest BCUT2D eigenvalue weighted by atomic mass is 10.1. The summed E-state index contributed by atoms with van der Waals surface area (Å²) in [6.07, 6.45) is 0. The van der Waals surface area contributed by atoms with Crippen LogP contribution in [-0.2, 0) is 48.6 Å². The van der Waals surface area contributed by atoms with Gasteiger partial charge in [-0.2, -0.15) is 16.8 Å². The minimum absolute atomic E-state index is 0.0415. The monoisotopic (exact) mass is 801 g/mol. The van der Waals surface area contributed by atoms with Gasteiger partial charge in [-0.25, -0.2) is 10.5 Å². The molecule has 0 aliphatic heterocycles. The molecule has 0 unspecified atom stereocenters. The third-order valence-electron chi connectivity index (χ3n) is 6.25. The molecule has 0 aliphatic rings. The predicted molar refractivity (Wildman–Crippen MR) is 181 cm³/mol. The van der Waals surface area contributed by atoms with E-state index >= 15 is 0 Å². The Balaban J connectivity index is 1.99. The summed E-state index contributed by atoms with van der Waals surface area (Å²) in [5.41, 5.74) is 4.01. The average Bonchev–Trinajstić information content (AvgIpc) is 3.04. The Morgan fingerprint density at radius 3 is 1.79 bits per heavy atom. The quantitative estimate of drug-likeness (QED) is 0.0175. The van der Waals surface area contributed by atoms with Crippen molar-refractivity contribution in [3.05, 3.63) is 48.5 Å². The molecule has 4 aromatic carbocycles. The Bertz CT molecular complexity index is 2340. The number of anilines is 3. The lowest BCUT2D eigenvalue weighted by Crippen LogP contribution is -2.06. The summed E-state index contributed by atoms with van der Waals surface area (Å²) in [7, 11) is -10.1. The molecule has 9 N–H and O–H groups in total. The number of hydrogen-bond donors (Lipinski definition) is 8. The van der Waals surface area contributed by atoms with Crippen molar-refractivity contribution in [2.75, 3.05) is 16.4 Å². The van der Waals surface area contributed by atoms with Crippen LogP contribution in [0.3, 0.4) is 0 Å². The normalized spacial score (nSPS) is 12.2. The maximum absolute atomic E-state index is 12.5. The number of rotatable bonds is 14. The zero-order valence-corrected chi connectivity index (χ0v) is 29.2. The summed E-state index contributed by atoms with van der Waals surface area (Å²) < 4.78 is 77.9. The van der Waals surface area contributed by atoms with Gasteiger partial charge in [-0.05, 0) is 53.9 Å². The van der Waals surface area contributed by atoms with Crippen LogP contribution in [0, 0.1) is 0 Å². The second-order valence-corrected chi connectivity index (χ2v) is 14.1. The van der Waals surface area contributed by atoms with E-state index in [0.29, 0.717) is 12.0 Å². The highest BCUT2D eigenvalue weighted by atomic mass is 32.2. The third-order valence-corrected chi connectivity index (χ3v) is 9.29. The van der Waals surface area contributed by atoms with E-state index in [1.807, 2.05) is 0 Å². The van der Waals surface area contributed by atoms with Crippen LogP contribution in [0.15, 0.2) is 88.6 Å². The molecule has 0 aromatic heterocycles. The summed E-state index contributed by atoms with van der Waals surface area (Å²) in [5.74, 6) is -1.87. The Hall–Kier alpha value is -4.84. The Kier molecular flexibility index (Phi) is 12.8. The van der Waals surface area contributed by atoms with Crippen LogP contribution in [0.4, 0.5) is 39.8 Å². The molecule has 0 atom stereocenters. The standard InChI is InChI=1S/C26H23N7O15S4/c1-11(34)28-14-3-5-18(49-47-45-37)16(9-14)30-33-25-21(52(42,43)44)8-13-7-19(50-48-46-38)24(26(36)22(13)23(25)27)32-31-17-10-15(29-12(2)35)4-6-20(17)51(39,40)41/h3-10,36-38H,27H2,1-2H3,(H,28,34)(H,29,35)(H,39,40,41)(H,42,43,44)/b32-31+,33-30+. The number of aromatic hydroxyl groups is 1. The molecule has 0 saturated carbocycles. The van der Waals surface area contributed by atoms with E-state index in [4.69, 9.17) is 16.2 Å². The second kappa shape index (κ2) is 16.7. The van der Waals surface area contributed by atoms with Crippen molar-refractivity contribution in [3.8, 4) is 5.75 Å². The second-order valence-electron chi connectivity index (χ2n) is 9.84. The van der Waals surface area contributed by atoms with Gasteiger partial charge in [0, 0.05) is 25.2 Å². The largest absolute Gasteiger partial charge is 0.505 e. The molecule has 0 spiro atoms.